The minimum Gasteiger partial charge on any atom is -0.462 e. The molecule has 0 aromatic carbocycles. The molecule has 0 radical (unpaired) electrons. The van der Waals surface area contributed by atoms with Crippen LogP contribution in [0.2, 0.25) is 0 Å². The van der Waals surface area contributed by atoms with Gasteiger partial charge in [0, 0.05) is 6.42 Å². The first-order valence-corrected chi connectivity index (χ1v) is 29.6. The first kappa shape index (κ1) is 65.6. The maximum atomic E-state index is 13.3. The van der Waals surface area contributed by atoms with Crippen LogP contribution in [0.15, 0.2) is 60.8 Å². The van der Waals surface area contributed by atoms with E-state index in [-0.39, 0.29) is 24.9 Å². The van der Waals surface area contributed by atoms with E-state index < -0.39 is 18.2 Å². The molecule has 6 nitrogen and oxygen atoms in total. The van der Waals surface area contributed by atoms with E-state index in [1.807, 2.05) is 0 Å². The number of hydrogen-bond acceptors (Lipinski definition) is 5. The Hall–Kier alpha value is -2.44. The van der Waals surface area contributed by atoms with Crippen LogP contribution >= 0.6 is 0 Å². The number of aliphatic hydroxyl groups excluding tert-OH is 2. The van der Waals surface area contributed by atoms with Crippen molar-refractivity contribution < 1.29 is 24.5 Å². The molecule has 0 aliphatic heterocycles. The van der Waals surface area contributed by atoms with Crippen molar-refractivity contribution in [2.75, 3.05) is 6.61 Å². The highest BCUT2D eigenvalue weighted by atomic mass is 16.5. The Labute approximate surface area is 422 Å². The molecule has 396 valence electrons. The lowest BCUT2D eigenvalue weighted by molar-refractivity contribution is -0.151. The number of carbonyl (C=O) groups is 2. The SMILES string of the molecule is CCCCC/C=C/C=C/C=C/C=C/CCCCCCCC(=O)OC(CCCCC/C=C/CCCCCCCCCCC)CC(=O)NC(CO)C(O)CCCCCCCCCCCCCCCCC. The van der Waals surface area contributed by atoms with Crippen LogP contribution in [0.3, 0.4) is 0 Å². The Kier molecular flexibility index (Phi) is 53.5. The van der Waals surface area contributed by atoms with E-state index in [9.17, 15) is 19.8 Å². The Morgan fingerprint density at radius 1 is 0.426 bits per heavy atom. The molecule has 3 N–H and O–H groups in total. The van der Waals surface area contributed by atoms with Gasteiger partial charge in [-0.25, -0.2) is 0 Å². The van der Waals surface area contributed by atoms with Gasteiger partial charge in [0.2, 0.25) is 5.91 Å². The van der Waals surface area contributed by atoms with Crippen molar-refractivity contribution >= 4 is 11.9 Å². The second kappa shape index (κ2) is 55.5. The van der Waals surface area contributed by atoms with Crippen LogP contribution in [0, 0.1) is 0 Å². The first-order chi connectivity index (χ1) is 33.5. The summed E-state index contributed by atoms with van der Waals surface area (Å²) >= 11 is 0. The van der Waals surface area contributed by atoms with E-state index in [2.05, 4.69) is 86.8 Å². The largest absolute Gasteiger partial charge is 0.462 e. The molecule has 0 aliphatic rings. The van der Waals surface area contributed by atoms with Gasteiger partial charge in [-0.1, -0.05) is 268 Å². The third-order valence-electron chi connectivity index (χ3n) is 13.4. The number of aliphatic hydroxyl groups is 2. The van der Waals surface area contributed by atoms with E-state index in [1.54, 1.807) is 0 Å². The molecular formula is C62H113NO5. The molecule has 0 spiro atoms. The number of rotatable bonds is 53. The van der Waals surface area contributed by atoms with Crippen LogP contribution in [-0.2, 0) is 14.3 Å². The normalized spacial score (nSPS) is 13.5. The van der Waals surface area contributed by atoms with Crippen LogP contribution in [0.1, 0.15) is 297 Å². The number of esters is 1. The molecule has 0 aromatic heterocycles. The van der Waals surface area contributed by atoms with Crippen molar-refractivity contribution in [1.82, 2.24) is 5.32 Å². The Bertz CT molecular complexity index is 1210. The molecule has 3 atom stereocenters. The summed E-state index contributed by atoms with van der Waals surface area (Å²) < 4.78 is 5.95. The van der Waals surface area contributed by atoms with E-state index in [0.717, 1.165) is 96.3 Å². The van der Waals surface area contributed by atoms with Crippen molar-refractivity contribution in [3.63, 3.8) is 0 Å². The predicted molar refractivity (Wildman–Crippen MR) is 296 cm³/mol. The summed E-state index contributed by atoms with van der Waals surface area (Å²) in [5.74, 6) is -0.506. The monoisotopic (exact) mass is 952 g/mol. The van der Waals surface area contributed by atoms with Crippen LogP contribution < -0.4 is 5.32 Å². The Morgan fingerprint density at radius 3 is 1.22 bits per heavy atom. The van der Waals surface area contributed by atoms with Gasteiger partial charge in [0.25, 0.3) is 0 Å². The third-order valence-corrected chi connectivity index (χ3v) is 13.4. The number of nitrogens with one attached hydrogen (secondary N) is 1. The lowest BCUT2D eigenvalue weighted by Crippen LogP contribution is -2.46. The fourth-order valence-corrected chi connectivity index (χ4v) is 8.91. The summed E-state index contributed by atoms with van der Waals surface area (Å²) in [5.41, 5.74) is 0. The van der Waals surface area contributed by atoms with Gasteiger partial charge in [0.15, 0.2) is 0 Å². The summed E-state index contributed by atoms with van der Waals surface area (Å²) in [6.07, 6.45) is 69.9. The molecule has 0 saturated carbocycles. The number of amides is 1. The molecule has 0 saturated heterocycles. The van der Waals surface area contributed by atoms with Crippen molar-refractivity contribution in [3.05, 3.63) is 60.8 Å². The second-order valence-electron chi connectivity index (χ2n) is 20.1. The van der Waals surface area contributed by atoms with Crippen LogP contribution in [0.25, 0.3) is 0 Å². The zero-order chi connectivity index (χ0) is 49.5. The minimum atomic E-state index is -0.798. The van der Waals surface area contributed by atoms with Crippen molar-refractivity contribution in [2.24, 2.45) is 0 Å². The van der Waals surface area contributed by atoms with Gasteiger partial charge in [-0.05, 0) is 77.0 Å². The number of hydrogen-bond donors (Lipinski definition) is 3. The quantitative estimate of drug-likeness (QED) is 0.0244. The summed E-state index contributed by atoms with van der Waals surface area (Å²) in [7, 11) is 0. The third kappa shape index (κ3) is 50.0. The number of allylic oxidation sites excluding steroid dienone is 10. The first-order valence-electron chi connectivity index (χ1n) is 29.6. The molecule has 3 unspecified atom stereocenters. The molecule has 6 heteroatoms. The highest BCUT2D eigenvalue weighted by Gasteiger charge is 2.24. The van der Waals surface area contributed by atoms with Gasteiger partial charge in [0.1, 0.15) is 6.10 Å². The fourth-order valence-electron chi connectivity index (χ4n) is 8.91. The predicted octanol–water partition coefficient (Wildman–Crippen LogP) is 18.4. The summed E-state index contributed by atoms with van der Waals surface area (Å²) in [6, 6.07) is -0.714. The zero-order valence-electron chi connectivity index (χ0n) is 45.2. The van der Waals surface area contributed by atoms with E-state index in [4.69, 9.17) is 4.74 Å². The van der Waals surface area contributed by atoms with Gasteiger partial charge in [-0.15, -0.1) is 0 Å². The van der Waals surface area contributed by atoms with E-state index in [1.165, 1.54) is 154 Å². The second-order valence-corrected chi connectivity index (χ2v) is 20.1. The maximum Gasteiger partial charge on any atom is 0.306 e. The lowest BCUT2D eigenvalue weighted by atomic mass is 10.0. The van der Waals surface area contributed by atoms with E-state index in [0.29, 0.717) is 19.3 Å². The molecule has 0 rings (SSSR count). The topological polar surface area (TPSA) is 95.9 Å². The Balaban J connectivity index is 4.62. The van der Waals surface area contributed by atoms with Crippen LogP contribution in [0.5, 0.6) is 0 Å². The van der Waals surface area contributed by atoms with Crippen molar-refractivity contribution in [2.45, 2.75) is 315 Å². The molecule has 0 fully saturated rings. The van der Waals surface area contributed by atoms with Gasteiger partial charge >= 0.3 is 5.97 Å². The zero-order valence-corrected chi connectivity index (χ0v) is 45.2. The molecule has 1 amide bonds. The minimum absolute atomic E-state index is 0.0573. The maximum absolute atomic E-state index is 13.3. The van der Waals surface area contributed by atoms with Crippen LogP contribution in [0.4, 0.5) is 0 Å². The highest BCUT2D eigenvalue weighted by molar-refractivity contribution is 5.77. The highest BCUT2D eigenvalue weighted by Crippen LogP contribution is 2.18. The molecule has 0 heterocycles. The van der Waals surface area contributed by atoms with Crippen LogP contribution in [-0.4, -0.2) is 46.9 Å². The smallest absolute Gasteiger partial charge is 0.306 e. The van der Waals surface area contributed by atoms with E-state index >= 15 is 0 Å². The average molecular weight is 953 g/mol. The number of carbonyl (C=O) groups excluding carboxylic acids is 2. The van der Waals surface area contributed by atoms with Crippen molar-refractivity contribution in [3.8, 4) is 0 Å². The summed E-state index contributed by atoms with van der Waals surface area (Å²) in [5, 5.41) is 23.9. The molecule has 68 heavy (non-hydrogen) atoms. The average Bonchev–Trinajstić information content (AvgIpc) is 3.33. The number of unbranched alkanes of at least 4 members (excludes halogenated alkanes) is 34. The van der Waals surface area contributed by atoms with Crippen molar-refractivity contribution in [1.29, 1.82) is 0 Å². The standard InChI is InChI=1S/C62H113NO5/c1-4-7-10-13-16-19-22-25-28-30-31-34-37-40-43-46-49-52-55-62(67)68-58(53-50-47-44-41-38-35-33-29-26-23-20-17-14-11-8-5-2)56-61(66)63-59(57-64)60(65)54-51-48-45-42-39-36-32-27-24-21-18-15-12-9-6-3/h16,19,22,25,28,30-31,34-35,38,58-60,64-65H,4-15,17-18,20-21,23-24,26-27,29,32-33,36-37,39-57H2,1-3H3,(H,63,66)/b19-16+,25-22+,30-28+,34-31+,38-35+. The molecule has 0 aliphatic carbocycles. The van der Waals surface area contributed by atoms with Gasteiger partial charge in [0.05, 0.1) is 25.2 Å². The van der Waals surface area contributed by atoms with Gasteiger partial charge < -0.3 is 20.3 Å². The summed E-state index contributed by atoms with van der Waals surface area (Å²) in [6.45, 7) is 6.47. The fraction of sp³-hybridized carbons (Fsp3) is 0.806. The Morgan fingerprint density at radius 2 is 0.765 bits per heavy atom. The lowest BCUT2D eigenvalue weighted by Gasteiger charge is -2.24. The van der Waals surface area contributed by atoms with Gasteiger partial charge in [-0.2, -0.15) is 0 Å². The van der Waals surface area contributed by atoms with Gasteiger partial charge in [-0.3, -0.25) is 9.59 Å². The number of ether oxygens (including phenoxy) is 1. The molecule has 0 aromatic rings. The molecule has 0 bridgehead atoms. The molecular weight excluding hydrogens is 839 g/mol. The summed E-state index contributed by atoms with van der Waals surface area (Å²) in [4.78, 5) is 26.3.